The van der Waals surface area contributed by atoms with Crippen molar-refractivity contribution in [2.45, 2.75) is 71.4 Å². The van der Waals surface area contributed by atoms with Crippen LogP contribution in [-0.4, -0.2) is 79.8 Å². The van der Waals surface area contributed by atoms with Crippen LogP contribution < -0.4 is 5.32 Å². The van der Waals surface area contributed by atoms with Gasteiger partial charge in [-0.2, -0.15) is 0 Å². The molecule has 2 heterocycles. The standard InChI is InChI=1S/C21H37N7O3/c1-3-26(4-2)12-13-28-19(23-24-25-28)18-10-7-11-27(18)20(29)17(15-22-21(30)31)14-16-8-5-6-9-16/h16-18,22H,3-15H2,1-2H3,(H,30,31)/t17-,18+/m1/s1. The summed E-state index contributed by atoms with van der Waals surface area (Å²) in [6, 6.07) is -0.143. The van der Waals surface area contributed by atoms with E-state index < -0.39 is 6.09 Å². The van der Waals surface area contributed by atoms with E-state index in [0.717, 1.165) is 57.6 Å². The number of amides is 2. The second kappa shape index (κ2) is 11.4. The van der Waals surface area contributed by atoms with E-state index in [1.54, 1.807) is 0 Å². The Kier molecular flexibility index (Phi) is 8.62. The summed E-state index contributed by atoms with van der Waals surface area (Å²) < 4.78 is 1.83. The zero-order valence-electron chi connectivity index (χ0n) is 18.9. The van der Waals surface area contributed by atoms with Gasteiger partial charge in [0.2, 0.25) is 5.91 Å². The van der Waals surface area contributed by atoms with Crippen LogP contribution >= 0.6 is 0 Å². The Morgan fingerprint density at radius 1 is 1.19 bits per heavy atom. The number of aromatic nitrogens is 4. The summed E-state index contributed by atoms with van der Waals surface area (Å²) in [6.45, 7) is 8.60. The van der Waals surface area contributed by atoms with Crippen molar-refractivity contribution in [2.75, 3.05) is 32.7 Å². The molecule has 0 aromatic carbocycles. The number of carbonyl (C=O) groups excluding carboxylic acids is 1. The maximum absolute atomic E-state index is 13.5. The Morgan fingerprint density at radius 2 is 1.94 bits per heavy atom. The Hall–Kier alpha value is -2.23. The summed E-state index contributed by atoms with van der Waals surface area (Å²) in [5.74, 6) is 0.940. The molecule has 2 amide bonds. The molecule has 31 heavy (non-hydrogen) atoms. The van der Waals surface area contributed by atoms with Crippen LogP contribution in [0.25, 0.3) is 0 Å². The highest BCUT2D eigenvalue weighted by molar-refractivity contribution is 5.80. The summed E-state index contributed by atoms with van der Waals surface area (Å²) in [7, 11) is 0. The topological polar surface area (TPSA) is 116 Å². The molecule has 1 aromatic rings. The predicted octanol–water partition coefficient (Wildman–Crippen LogP) is 2.14. The van der Waals surface area contributed by atoms with Crippen molar-refractivity contribution in [3.63, 3.8) is 0 Å². The van der Waals surface area contributed by atoms with Gasteiger partial charge in [-0.15, -0.1) is 5.10 Å². The lowest BCUT2D eigenvalue weighted by molar-refractivity contribution is -0.137. The molecule has 0 bridgehead atoms. The van der Waals surface area contributed by atoms with Gasteiger partial charge in [-0.05, 0) is 48.7 Å². The van der Waals surface area contributed by atoms with Crippen LogP contribution in [-0.2, 0) is 11.3 Å². The fourth-order valence-corrected chi connectivity index (χ4v) is 5.05. The van der Waals surface area contributed by atoms with E-state index in [-0.39, 0.29) is 24.4 Å². The van der Waals surface area contributed by atoms with Gasteiger partial charge in [0.15, 0.2) is 5.82 Å². The third-order valence-electron chi connectivity index (χ3n) is 6.86. The SMILES string of the molecule is CCN(CC)CCn1nnnc1[C@@H]1CCCN1C(=O)[C@@H](CNC(=O)O)CC1CCCC1. The van der Waals surface area contributed by atoms with E-state index in [9.17, 15) is 9.59 Å². The monoisotopic (exact) mass is 435 g/mol. The third kappa shape index (κ3) is 6.15. The van der Waals surface area contributed by atoms with Crippen molar-refractivity contribution >= 4 is 12.0 Å². The van der Waals surface area contributed by atoms with Gasteiger partial charge in [-0.3, -0.25) is 4.79 Å². The zero-order valence-corrected chi connectivity index (χ0v) is 18.9. The summed E-state index contributed by atoms with van der Waals surface area (Å²) in [6.07, 6.45) is 6.06. The van der Waals surface area contributed by atoms with Crippen molar-refractivity contribution in [1.82, 2.24) is 35.3 Å². The Morgan fingerprint density at radius 3 is 2.61 bits per heavy atom. The molecule has 0 spiro atoms. The molecule has 174 valence electrons. The number of hydrogen-bond donors (Lipinski definition) is 2. The summed E-state index contributed by atoms with van der Waals surface area (Å²) in [5, 5.41) is 23.9. The fourth-order valence-electron chi connectivity index (χ4n) is 5.05. The summed E-state index contributed by atoms with van der Waals surface area (Å²) >= 11 is 0. The number of carbonyl (C=O) groups is 2. The van der Waals surface area contributed by atoms with Gasteiger partial charge in [-0.1, -0.05) is 39.5 Å². The van der Waals surface area contributed by atoms with Crippen LogP contribution in [0.2, 0.25) is 0 Å². The van der Waals surface area contributed by atoms with Crippen LogP contribution in [0, 0.1) is 11.8 Å². The van der Waals surface area contributed by atoms with E-state index in [1.807, 2.05) is 9.58 Å². The lowest BCUT2D eigenvalue weighted by Crippen LogP contribution is -2.42. The molecular formula is C21H37N7O3. The van der Waals surface area contributed by atoms with Crippen LogP contribution in [0.4, 0.5) is 4.79 Å². The molecule has 1 aromatic heterocycles. The molecule has 2 atom stereocenters. The minimum Gasteiger partial charge on any atom is -0.465 e. The number of tetrazole rings is 1. The zero-order chi connectivity index (χ0) is 22.2. The second-order valence-electron chi connectivity index (χ2n) is 8.75. The number of nitrogens with one attached hydrogen (secondary N) is 1. The second-order valence-corrected chi connectivity index (χ2v) is 8.75. The number of likely N-dealkylation sites (tertiary alicyclic amines) is 1. The van der Waals surface area contributed by atoms with Gasteiger partial charge in [0.05, 0.1) is 18.5 Å². The average molecular weight is 436 g/mol. The largest absolute Gasteiger partial charge is 0.465 e. The van der Waals surface area contributed by atoms with Crippen molar-refractivity contribution < 1.29 is 14.7 Å². The van der Waals surface area contributed by atoms with E-state index in [2.05, 4.69) is 39.6 Å². The van der Waals surface area contributed by atoms with Crippen molar-refractivity contribution in [3.8, 4) is 0 Å². The molecule has 1 aliphatic heterocycles. The molecule has 0 radical (unpaired) electrons. The number of hydrogen-bond acceptors (Lipinski definition) is 6. The summed E-state index contributed by atoms with van der Waals surface area (Å²) in [4.78, 5) is 28.8. The van der Waals surface area contributed by atoms with Gasteiger partial charge in [-0.25, -0.2) is 9.48 Å². The maximum Gasteiger partial charge on any atom is 0.404 e. The van der Waals surface area contributed by atoms with Crippen molar-refractivity contribution in [2.24, 2.45) is 11.8 Å². The Balaban J connectivity index is 1.70. The van der Waals surface area contributed by atoms with Gasteiger partial charge < -0.3 is 20.2 Å². The Labute approximate surface area is 184 Å². The molecule has 1 saturated carbocycles. The van der Waals surface area contributed by atoms with E-state index in [0.29, 0.717) is 19.0 Å². The summed E-state index contributed by atoms with van der Waals surface area (Å²) in [5.41, 5.74) is 0. The minimum atomic E-state index is -1.08. The minimum absolute atomic E-state index is 0.0291. The Bertz CT molecular complexity index is 716. The third-order valence-corrected chi connectivity index (χ3v) is 6.86. The first-order valence-corrected chi connectivity index (χ1v) is 11.8. The van der Waals surface area contributed by atoms with Crippen LogP contribution in [0.15, 0.2) is 0 Å². The molecule has 1 saturated heterocycles. The normalized spacial score (nSPS) is 20.5. The van der Waals surface area contributed by atoms with Crippen molar-refractivity contribution in [1.29, 1.82) is 0 Å². The number of likely N-dealkylation sites (N-methyl/N-ethyl adjacent to an activating group) is 1. The van der Waals surface area contributed by atoms with Crippen molar-refractivity contribution in [3.05, 3.63) is 5.82 Å². The van der Waals surface area contributed by atoms with Gasteiger partial charge in [0.1, 0.15) is 0 Å². The number of carboxylic acid groups (broad SMARTS) is 1. The molecule has 10 heteroatoms. The number of nitrogens with zero attached hydrogens (tertiary/aromatic N) is 6. The smallest absolute Gasteiger partial charge is 0.404 e. The molecule has 1 aliphatic carbocycles. The molecule has 2 aliphatic rings. The lowest BCUT2D eigenvalue weighted by atomic mass is 9.91. The first-order valence-electron chi connectivity index (χ1n) is 11.8. The van der Waals surface area contributed by atoms with Crippen LogP contribution in [0.3, 0.4) is 0 Å². The number of rotatable bonds is 11. The molecule has 2 N–H and O–H groups in total. The molecular weight excluding hydrogens is 398 g/mol. The molecule has 10 nitrogen and oxygen atoms in total. The highest BCUT2D eigenvalue weighted by Crippen LogP contribution is 2.35. The van der Waals surface area contributed by atoms with E-state index >= 15 is 0 Å². The fraction of sp³-hybridized carbons (Fsp3) is 0.857. The first kappa shape index (κ1) is 23.4. The molecule has 2 fully saturated rings. The lowest BCUT2D eigenvalue weighted by Gasteiger charge is -2.29. The van der Waals surface area contributed by atoms with Crippen LogP contribution in [0.5, 0.6) is 0 Å². The quantitative estimate of drug-likeness (QED) is 0.547. The van der Waals surface area contributed by atoms with Gasteiger partial charge >= 0.3 is 6.09 Å². The average Bonchev–Trinajstić information content (AvgIpc) is 3.52. The van der Waals surface area contributed by atoms with E-state index in [4.69, 9.17) is 5.11 Å². The molecule has 3 rings (SSSR count). The van der Waals surface area contributed by atoms with E-state index in [1.165, 1.54) is 12.8 Å². The molecule has 0 unspecified atom stereocenters. The van der Waals surface area contributed by atoms with Gasteiger partial charge in [0, 0.05) is 19.6 Å². The van der Waals surface area contributed by atoms with Gasteiger partial charge in [0.25, 0.3) is 0 Å². The van der Waals surface area contributed by atoms with Crippen LogP contribution in [0.1, 0.15) is 70.7 Å². The maximum atomic E-state index is 13.5. The predicted molar refractivity (Wildman–Crippen MR) is 115 cm³/mol. The highest BCUT2D eigenvalue weighted by atomic mass is 16.4. The first-order chi connectivity index (χ1) is 15.0. The highest BCUT2D eigenvalue weighted by Gasteiger charge is 2.38.